The second-order valence-corrected chi connectivity index (χ2v) is 6.86. The van der Waals surface area contributed by atoms with Crippen LogP contribution in [0.2, 0.25) is 5.02 Å². The third kappa shape index (κ3) is 5.21. The zero-order valence-electron chi connectivity index (χ0n) is 15.0. The van der Waals surface area contributed by atoms with Crippen LogP contribution in [0.4, 0.5) is 5.69 Å². The first-order chi connectivity index (χ1) is 12.6. The SMILES string of the molecule is COc1ccccc1NC(=O)CN1CCN(Cc2ccc(Cl)cc2)CC1. The Morgan fingerprint density at radius 3 is 2.38 bits per heavy atom. The summed E-state index contributed by atoms with van der Waals surface area (Å²) in [6.45, 7) is 4.97. The Labute approximate surface area is 159 Å². The molecule has 0 radical (unpaired) electrons. The molecule has 2 aromatic rings. The van der Waals surface area contributed by atoms with E-state index in [4.69, 9.17) is 16.3 Å². The number of carbonyl (C=O) groups is 1. The van der Waals surface area contributed by atoms with Crippen molar-refractivity contribution in [1.29, 1.82) is 0 Å². The van der Waals surface area contributed by atoms with Crippen LogP contribution in [0.1, 0.15) is 5.56 Å². The van der Waals surface area contributed by atoms with Crippen molar-refractivity contribution in [3.05, 3.63) is 59.1 Å². The highest BCUT2D eigenvalue weighted by atomic mass is 35.5. The van der Waals surface area contributed by atoms with Gasteiger partial charge in [0.25, 0.3) is 0 Å². The van der Waals surface area contributed by atoms with Gasteiger partial charge < -0.3 is 10.1 Å². The van der Waals surface area contributed by atoms with Gasteiger partial charge in [-0.15, -0.1) is 0 Å². The van der Waals surface area contributed by atoms with E-state index in [-0.39, 0.29) is 5.91 Å². The molecule has 1 saturated heterocycles. The topological polar surface area (TPSA) is 44.8 Å². The lowest BCUT2D eigenvalue weighted by Gasteiger charge is -2.34. The highest BCUT2D eigenvalue weighted by Crippen LogP contribution is 2.23. The molecule has 0 aromatic heterocycles. The summed E-state index contributed by atoms with van der Waals surface area (Å²) in [6.07, 6.45) is 0. The van der Waals surface area contributed by atoms with Gasteiger partial charge in [-0.25, -0.2) is 0 Å². The van der Waals surface area contributed by atoms with E-state index in [0.29, 0.717) is 18.0 Å². The number of nitrogens with one attached hydrogen (secondary N) is 1. The number of ether oxygens (including phenoxy) is 1. The summed E-state index contributed by atoms with van der Waals surface area (Å²) in [5.41, 5.74) is 1.97. The number of benzene rings is 2. The summed E-state index contributed by atoms with van der Waals surface area (Å²) in [6, 6.07) is 15.4. The van der Waals surface area contributed by atoms with Gasteiger partial charge in [0.05, 0.1) is 19.3 Å². The van der Waals surface area contributed by atoms with E-state index in [1.54, 1.807) is 7.11 Å². The van der Waals surface area contributed by atoms with E-state index in [1.807, 2.05) is 36.4 Å². The third-order valence-corrected chi connectivity index (χ3v) is 4.78. The maximum Gasteiger partial charge on any atom is 0.238 e. The molecule has 5 nitrogen and oxygen atoms in total. The summed E-state index contributed by atoms with van der Waals surface area (Å²) in [5, 5.41) is 3.70. The van der Waals surface area contributed by atoms with Gasteiger partial charge in [0.2, 0.25) is 5.91 Å². The molecule has 0 unspecified atom stereocenters. The zero-order chi connectivity index (χ0) is 18.4. The summed E-state index contributed by atoms with van der Waals surface area (Å²) in [4.78, 5) is 16.9. The smallest absolute Gasteiger partial charge is 0.238 e. The normalized spacial score (nSPS) is 15.6. The van der Waals surface area contributed by atoms with Gasteiger partial charge in [0.15, 0.2) is 0 Å². The van der Waals surface area contributed by atoms with Crippen LogP contribution in [0, 0.1) is 0 Å². The molecule has 26 heavy (non-hydrogen) atoms. The van der Waals surface area contributed by atoms with Gasteiger partial charge in [-0.3, -0.25) is 14.6 Å². The molecule has 6 heteroatoms. The number of methoxy groups -OCH3 is 1. The Morgan fingerprint density at radius 1 is 1.04 bits per heavy atom. The largest absolute Gasteiger partial charge is 0.495 e. The van der Waals surface area contributed by atoms with Crippen LogP contribution in [-0.2, 0) is 11.3 Å². The Balaban J connectivity index is 1.44. The van der Waals surface area contributed by atoms with Crippen LogP contribution >= 0.6 is 11.6 Å². The Bertz CT molecular complexity index is 728. The predicted molar refractivity (Wildman–Crippen MR) is 105 cm³/mol. The van der Waals surface area contributed by atoms with E-state index >= 15 is 0 Å². The second kappa shape index (κ2) is 9.03. The zero-order valence-corrected chi connectivity index (χ0v) is 15.7. The van der Waals surface area contributed by atoms with Crippen molar-refractivity contribution in [3.63, 3.8) is 0 Å². The lowest BCUT2D eigenvalue weighted by molar-refractivity contribution is -0.117. The molecule has 0 spiro atoms. The van der Waals surface area contributed by atoms with Crippen molar-refractivity contribution in [3.8, 4) is 5.75 Å². The van der Waals surface area contributed by atoms with Crippen LogP contribution in [0.25, 0.3) is 0 Å². The predicted octanol–water partition coefficient (Wildman–Crippen LogP) is 3.10. The minimum Gasteiger partial charge on any atom is -0.495 e. The minimum atomic E-state index is -0.0133. The monoisotopic (exact) mass is 373 g/mol. The highest BCUT2D eigenvalue weighted by molar-refractivity contribution is 6.30. The Hall–Kier alpha value is -2.08. The number of carbonyl (C=O) groups excluding carboxylic acids is 1. The van der Waals surface area contributed by atoms with Gasteiger partial charge in [-0.2, -0.15) is 0 Å². The van der Waals surface area contributed by atoms with Crippen molar-refractivity contribution in [1.82, 2.24) is 9.80 Å². The number of nitrogens with zero attached hydrogens (tertiary/aromatic N) is 2. The lowest BCUT2D eigenvalue weighted by Crippen LogP contribution is -2.48. The first kappa shape index (κ1) is 18.7. The van der Waals surface area contributed by atoms with Crippen LogP contribution in [0.3, 0.4) is 0 Å². The molecule has 1 aliphatic heterocycles. The van der Waals surface area contributed by atoms with Crippen LogP contribution in [0.5, 0.6) is 5.75 Å². The Kier molecular flexibility index (Phi) is 6.50. The van der Waals surface area contributed by atoms with E-state index in [9.17, 15) is 4.79 Å². The van der Waals surface area contributed by atoms with Gasteiger partial charge in [0.1, 0.15) is 5.75 Å². The number of halogens is 1. The molecule has 138 valence electrons. The summed E-state index contributed by atoms with van der Waals surface area (Å²) in [5.74, 6) is 0.661. The molecular formula is C20H24ClN3O2. The first-order valence-corrected chi connectivity index (χ1v) is 9.14. The highest BCUT2D eigenvalue weighted by Gasteiger charge is 2.19. The Morgan fingerprint density at radius 2 is 1.69 bits per heavy atom. The van der Waals surface area contributed by atoms with Gasteiger partial charge in [-0.1, -0.05) is 35.9 Å². The average molecular weight is 374 g/mol. The van der Waals surface area contributed by atoms with E-state index in [1.165, 1.54) is 5.56 Å². The summed E-state index contributed by atoms with van der Waals surface area (Å²) < 4.78 is 5.27. The molecule has 1 heterocycles. The van der Waals surface area contributed by atoms with Gasteiger partial charge in [-0.05, 0) is 29.8 Å². The fourth-order valence-electron chi connectivity index (χ4n) is 3.09. The molecule has 0 aliphatic carbocycles. The van der Waals surface area contributed by atoms with Gasteiger partial charge >= 0.3 is 0 Å². The molecule has 1 amide bonds. The summed E-state index contributed by atoms with van der Waals surface area (Å²) >= 11 is 5.93. The average Bonchev–Trinajstić information content (AvgIpc) is 2.65. The second-order valence-electron chi connectivity index (χ2n) is 6.43. The van der Waals surface area contributed by atoms with Crippen molar-refractivity contribution in [2.45, 2.75) is 6.54 Å². The molecule has 0 atom stereocenters. The number of para-hydroxylation sites is 2. The van der Waals surface area contributed by atoms with E-state index in [2.05, 4.69) is 27.2 Å². The summed E-state index contributed by atoms with van der Waals surface area (Å²) in [7, 11) is 1.60. The molecule has 3 rings (SSSR count). The number of anilines is 1. The molecule has 1 aliphatic rings. The number of rotatable bonds is 6. The number of hydrogen-bond acceptors (Lipinski definition) is 4. The first-order valence-electron chi connectivity index (χ1n) is 8.76. The van der Waals surface area contributed by atoms with Gasteiger partial charge in [0, 0.05) is 37.7 Å². The fourth-order valence-corrected chi connectivity index (χ4v) is 3.22. The minimum absolute atomic E-state index is 0.0133. The number of hydrogen-bond donors (Lipinski definition) is 1. The molecular weight excluding hydrogens is 350 g/mol. The standard InChI is InChI=1S/C20H24ClN3O2/c1-26-19-5-3-2-4-18(19)22-20(25)15-24-12-10-23(11-13-24)14-16-6-8-17(21)9-7-16/h2-9H,10-15H2,1H3,(H,22,25). The molecule has 0 bridgehead atoms. The van der Waals surface area contributed by atoms with E-state index in [0.717, 1.165) is 37.7 Å². The van der Waals surface area contributed by atoms with Crippen molar-refractivity contribution < 1.29 is 9.53 Å². The lowest BCUT2D eigenvalue weighted by atomic mass is 10.2. The number of amides is 1. The molecule has 1 fully saturated rings. The van der Waals surface area contributed by atoms with Crippen LogP contribution < -0.4 is 10.1 Å². The number of piperazine rings is 1. The fraction of sp³-hybridized carbons (Fsp3) is 0.350. The quantitative estimate of drug-likeness (QED) is 0.845. The molecule has 1 N–H and O–H groups in total. The van der Waals surface area contributed by atoms with E-state index < -0.39 is 0 Å². The van der Waals surface area contributed by atoms with Crippen molar-refractivity contribution in [2.24, 2.45) is 0 Å². The maximum absolute atomic E-state index is 12.3. The van der Waals surface area contributed by atoms with Crippen LogP contribution in [-0.4, -0.2) is 55.5 Å². The maximum atomic E-state index is 12.3. The molecule has 0 saturated carbocycles. The van der Waals surface area contributed by atoms with Crippen LogP contribution in [0.15, 0.2) is 48.5 Å². The van der Waals surface area contributed by atoms with Crippen molar-refractivity contribution >= 4 is 23.2 Å². The van der Waals surface area contributed by atoms with Crippen molar-refractivity contribution in [2.75, 3.05) is 45.2 Å². The third-order valence-electron chi connectivity index (χ3n) is 4.53. The molecule has 2 aromatic carbocycles.